The van der Waals surface area contributed by atoms with E-state index in [0.717, 1.165) is 11.4 Å². The van der Waals surface area contributed by atoms with E-state index in [9.17, 15) is 0 Å². The largest absolute Gasteiger partial charge is 0.369 e. The minimum atomic E-state index is 0.496. The van der Waals surface area contributed by atoms with Gasteiger partial charge in [0.1, 0.15) is 0 Å². The summed E-state index contributed by atoms with van der Waals surface area (Å²) in [6.45, 7) is 2.01. The van der Waals surface area contributed by atoms with Crippen LogP contribution < -0.4 is 5.73 Å². The highest BCUT2D eigenvalue weighted by Gasteiger charge is 2.12. The van der Waals surface area contributed by atoms with Gasteiger partial charge < -0.3 is 10.7 Å². The van der Waals surface area contributed by atoms with E-state index >= 15 is 0 Å². The lowest BCUT2D eigenvalue weighted by Gasteiger charge is -2.16. The molecule has 1 aromatic carbocycles. The zero-order chi connectivity index (χ0) is 11.8. The van der Waals surface area contributed by atoms with Crippen molar-refractivity contribution >= 4 is 5.95 Å². The van der Waals surface area contributed by atoms with Crippen molar-refractivity contribution in [2.45, 2.75) is 32.6 Å². The molecule has 1 heterocycles. The molecule has 0 saturated heterocycles. The summed E-state index contributed by atoms with van der Waals surface area (Å²) in [5, 5.41) is 0. The molecule has 2 aromatic rings. The molecule has 88 valence electrons. The predicted octanol–water partition coefficient (Wildman–Crippen LogP) is 2.85. The smallest absolute Gasteiger partial charge is 0.198 e. The van der Waals surface area contributed by atoms with Crippen molar-refractivity contribution < 1.29 is 0 Å². The Morgan fingerprint density at radius 2 is 1.94 bits per heavy atom. The molecular formula is C14H17N3. The number of nitrogens with zero attached hydrogens (tertiary/aromatic N) is 1. The first kappa shape index (κ1) is 10.4. The Kier molecular flexibility index (Phi) is 2.39. The van der Waals surface area contributed by atoms with Gasteiger partial charge >= 0.3 is 0 Å². The van der Waals surface area contributed by atoms with Crippen molar-refractivity contribution in [3.8, 4) is 11.3 Å². The third-order valence-electron chi connectivity index (χ3n) is 3.52. The van der Waals surface area contributed by atoms with Gasteiger partial charge in [0, 0.05) is 11.3 Å². The first-order valence-corrected chi connectivity index (χ1v) is 6.18. The summed E-state index contributed by atoms with van der Waals surface area (Å²) in [6, 6.07) is 6.68. The molecule has 1 aliphatic carbocycles. The Balaban J connectivity index is 2.06. The molecule has 0 fully saturated rings. The topological polar surface area (TPSA) is 54.7 Å². The number of hydrogen-bond acceptors (Lipinski definition) is 2. The van der Waals surface area contributed by atoms with Crippen LogP contribution in [0.15, 0.2) is 18.2 Å². The number of nitrogens with two attached hydrogens (primary N) is 1. The van der Waals surface area contributed by atoms with E-state index in [-0.39, 0.29) is 0 Å². The highest BCUT2D eigenvalue weighted by atomic mass is 15.0. The van der Waals surface area contributed by atoms with Crippen LogP contribution >= 0.6 is 0 Å². The quantitative estimate of drug-likeness (QED) is 0.787. The van der Waals surface area contributed by atoms with Gasteiger partial charge in [-0.3, -0.25) is 0 Å². The van der Waals surface area contributed by atoms with Crippen LogP contribution in [-0.2, 0) is 12.8 Å². The summed E-state index contributed by atoms with van der Waals surface area (Å²) >= 11 is 0. The van der Waals surface area contributed by atoms with Crippen LogP contribution in [0.3, 0.4) is 0 Å². The van der Waals surface area contributed by atoms with Gasteiger partial charge in [0.2, 0.25) is 0 Å². The number of anilines is 1. The summed E-state index contributed by atoms with van der Waals surface area (Å²) < 4.78 is 0. The van der Waals surface area contributed by atoms with Crippen LogP contribution in [0.25, 0.3) is 11.3 Å². The number of fused-ring (bicyclic) bond motifs is 1. The first-order chi connectivity index (χ1) is 8.24. The van der Waals surface area contributed by atoms with E-state index in [0.29, 0.717) is 5.95 Å². The molecular weight excluding hydrogens is 210 g/mol. The van der Waals surface area contributed by atoms with Crippen molar-refractivity contribution in [2.75, 3.05) is 5.73 Å². The zero-order valence-corrected chi connectivity index (χ0v) is 10.1. The number of hydrogen-bond donors (Lipinski definition) is 2. The first-order valence-electron chi connectivity index (χ1n) is 6.18. The number of benzene rings is 1. The Hall–Kier alpha value is -1.77. The van der Waals surface area contributed by atoms with Crippen molar-refractivity contribution in [3.63, 3.8) is 0 Å². The molecule has 1 aliphatic rings. The summed E-state index contributed by atoms with van der Waals surface area (Å²) in [6.07, 6.45) is 5.04. The molecule has 0 bridgehead atoms. The summed E-state index contributed by atoms with van der Waals surface area (Å²) in [7, 11) is 0. The highest BCUT2D eigenvalue weighted by molar-refractivity contribution is 5.65. The lowest BCUT2D eigenvalue weighted by Crippen LogP contribution is -2.02. The molecule has 0 radical (unpaired) electrons. The van der Waals surface area contributed by atoms with E-state index in [1.807, 2.05) is 6.92 Å². The fourth-order valence-corrected chi connectivity index (χ4v) is 2.65. The predicted molar refractivity (Wildman–Crippen MR) is 69.8 cm³/mol. The second kappa shape index (κ2) is 3.91. The van der Waals surface area contributed by atoms with Crippen molar-refractivity contribution in [2.24, 2.45) is 0 Å². The SMILES string of the molecule is Cc1[nH]c(N)nc1-c1ccc2c(c1)CCCC2. The number of aromatic nitrogens is 2. The molecule has 0 spiro atoms. The van der Waals surface area contributed by atoms with E-state index < -0.39 is 0 Å². The zero-order valence-electron chi connectivity index (χ0n) is 10.1. The molecule has 0 saturated carbocycles. The van der Waals surface area contributed by atoms with E-state index in [2.05, 4.69) is 28.2 Å². The van der Waals surface area contributed by atoms with Gasteiger partial charge in [-0.2, -0.15) is 0 Å². The van der Waals surface area contributed by atoms with E-state index in [1.165, 1.54) is 42.4 Å². The van der Waals surface area contributed by atoms with Crippen LogP contribution in [0, 0.1) is 6.92 Å². The van der Waals surface area contributed by atoms with Gasteiger partial charge in [0.25, 0.3) is 0 Å². The molecule has 0 aliphatic heterocycles. The second-order valence-corrected chi connectivity index (χ2v) is 4.79. The Bertz CT molecular complexity index is 555. The number of aryl methyl sites for hydroxylation is 3. The molecule has 1 aromatic heterocycles. The van der Waals surface area contributed by atoms with E-state index in [1.54, 1.807) is 0 Å². The van der Waals surface area contributed by atoms with Gasteiger partial charge in [0.15, 0.2) is 5.95 Å². The molecule has 0 atom stereocenters. The lowest BCUT2D eigenvalue weighted by molar-refractivity contribution is 0.686. The molecule has 3 rings (SSSR count). The van der Waals surface area contributed by atoms with Crippen LogP contribution in [-0.4, -0.2) is 9.97 Å². The lowest BCUT2D eigenvalue weighted by atomic mass is 9.90. The third-order valence-corrected chi connectivity index (χ3v) is 3.52. The third kappa shape index (κ3) is 1.82. The average Bonchev–Trinajstić information content (AvgIpc) is 2.68. The molecule has 0 unspecified atom stereocenters. The molecule has 3 heteroatoms. The molecule has 17 heavy (non-hydrogen) atoms. The minimum absolute atomic E-state index is 0.496. The van der Waals surface area contributed by atoms with Gasteiger partial charge in [0.05, 0.1) is 5.69 Å². The summed E-state index contributed by atoms with van der Waals surface area (Å²) in [5.41, 5.74) is 11.9. The monoisotopic (exact) mass is 227 g/mol. The van der Waals surface area contributed by atoms with Crippen molar-refractivity contribution in [1.82, 2.24) is 9.97 Å². The summed E-state index contributed by atoms with van der Waals surface area (Å²) in [4.78, 5) is 7.40. The van der Waals surface area contributed by atoms with Gasteiger partial charge in [-0.15, -0.1) is 0 Å². The number of nitrogen functional groups attached to an aromatic ring is 1. The average molecular weight is 227 g/mol. The fourth-order valence-electron chi connectivity index (χ4n) is 2.65. The standard InChI is InChI=1S/C14H17N3/c1-9-13(17-14(15)16-9)12-7-6-10-4-2-3-5-11(10)8-12/h6-8H,2-5H2,1H3,(H3,15,16,17). The van der Waals surface area contributed by atoms with Crippen LogP contribution in [0.2, 0.25) is 0 Å². The number of aromatic amines is 1. The van der Waals surface area contributed by atoms with Gasteiger partial charge in [-0.25, -0.2) is 4.98 Å². The summed E-state index contributed by atoms with van der Waals surface area (Å²) in [5.74, 6) is 0.496. The molecule has 0 amide bonds. The number of nitrogens with one attached hydrogen (secondary N) is 1. The maximum Gasteiger partial charge on any atom is 0.198 e. The highest BCUT2D eigenvalue weighted by Crippen LogP contribution is 2.28. The van der Waals surface area contributed by atoms with Crippen LogP contribution in [0.4, 0.5) is 5.95 Å². The van der Waals surface area contributed by atoms with Crippen molar-refractivity contribution in [3.05, 3.63) is 35.0 Å². The normalized spacial score (nSPS) is 14.6. The molecule has 3 nitrogen and oxygen atoms in total. The second-order valence-electron chi connectivity index (χ2n) is 4.79. The maximum absolute atomic E-state index is 5.69. The number of H-pyrrole nitrogens is 1. The van der Waals surface area contributed by atoms with E-state index in [4.69, 9.17) is 5.73 Å². The van der Waals surface area contributed by atoms with Gasteiger partial charge in [-0.05, 0) is 49.8 Å². The van der Waals surface area contributed by atoms with Crippen LogP contribution in [0.5, 0.6) is 0 Å². The van der Waals surface area contributed by atoms with Gasteiger partial charge in [-0.1, -0.05) is 12.1 Å². The Morgan fingerprint density at radius 3 is 2.65 bits per heavy atom. The Morgan fingerprint density at radius 1 is 1.18 bits per heavy atom. The maximum atomic E-state index is 5.69. The molecule has 3 N–H and O–H groups in total. The Labute approximate surface area is 101 Å². The fraction of sp³-hybridized carbons (Fsp3) is 0.357. The van der Waals surface area contributed by atoms with Crippen molar-refractivity contribution in [1.29, 1.82) is 0 Å². The number of imidazole rings is 1. The van der Waals surface area contributed by atoms with Crippen LogP contribution in [0.1, 0.15) is 29.7 Å². The number of rotatable bonds is 1. The minimum Gasteiger partial charge on any atom is -0.369 e.